The summed E-state index contributed by atoms with van der Waals surface area (Å²) in [4.78, 5) is 5.56. The second-order valence-electron chi connectivity index (χ2n) is 4.36. The number of aliphatic hydroxyl groups excluding tert-OH is 1. The van der Waals surface area contributed by atoms with Crippen LogP contribution in [0.15, 0.2) is 18.2 Å². The zero-order valence-electron chi connectivity index (χ0n) is 9.49. The van der Waals surface area contributed by atoms with Gasteiger partial charge in [-0.2, -0.15) is 0 Å². The Morgan fingerprint density at radius 3 is 2.50 bits per heavy atom. The monoisotopic (exact) mass is 299 g/mol. The highest BCUT2D eigenvalue weighted by molar-refractivity contribution is 7.15. The molecule has 5 heteroatoms. The van der Waals surface area contributed by atoms with Crippen molar-refractivity contribution in [3.8, 4) is 10.6 Å². The number of hydrogen-bond acceptors (Lipinski definition) is 3. The van der Waals surface area contributed by atoms with E-state index in [-0.39, 0.29) is 6.61 Å². The third-order valence-corrected chi connectivity index (χ3v) is 4.72. The van der Waals surface area contributed by atoms with Crippen LogP contribution < -0.4 is 0 Å². The number of thiazole rings is 1. The molecule has 0 aliphatic heterocycles. The second kappa shape index (κ2) is 4.82. The fraction of sp³-hybridized carbons (Fsp3) is 0.308. The predicted octanol–water partition coefficient (Wildman–Crippen LogP) is 4.49. The Hall–Kier alpha value is -0.610. The van der Waals surface area contributed by atoms with Gasteiger partial charge in [0.05, 0.1) is 27.2 Å². The fourth-order valence-electron chi connectivity index (χ4n) is 1.96. The molecule has 0 unspecified atom stereocenters. The molecule has 1 fully saturated rings. The van der Waals surface area contributed by atoms with Crippen molar-refractivity contribution >= 4 is 34.5 Å². The maximum atomic E-state index is 9.40. The predicted molar refractivity (Wildman–Crippen MR) is 75.5 cm³/mol. The maximum absolute atomic E-state index is 9.40. The van der Waals surface area contributed by atoms with Crippen LogP contribution in [0.25, 0.3) is 10.6 Å². The summed E-state index contributed by atoms with van der Waals surface area (Å²) in [6.45, 7) is 0.0333. The van der Waals surface area contributed by atoms with Gasteiger partial charge in [0.1, 0.15) is 5.01 Å². The zero-order valence-corrected chi connectivity index (χ0v) is 11.8. The van der Waals surface area contributed by atoms with Crippen LogP contribution in [0, 0.1) is 0 Å². The number of nitrogens with zero attached hydrogens (tertiary/aromatic N) is 1. The van der Waals surface area contributed by atoms with Gasteiger partial charge in [-0.1, -0.05) is 29.3 Å². The summed E-state index contributed by atoms with van der Waals surface area (Å²) in [5.74, 6) is 0.512. The summed E-state index contributed by atoms with van der Waals surface area (Å²) in [6, 6.07) is 5.43. The molecule has 1 aliphatic rings. The van der Waals surface area contributed by atoms with Crippen molar-refractivity contribution < 1.29 is 5.11 Å². The van der Waals surface area contributed by atoms with Crippen LogP contribution in [0.5, 0.6) is 0 Å². The SMILES string of the molecule is OCc1sc(-c2c(Cl)cccc2Cl)nc1C1CC1. The van der Waals surface area contributed by atoms with Gasteiger partial charge in [-0.05, 0) is 25.0 Å². The minimum Gasteiger partial charge on any atom is -0.391 e. The van der Waals surface area contributed by atoms with E-state index in [2.05, 4.69) is 4.98 Å². The van der Waals surface area contributed by atoms with Crippen molar-refractivity contribution in [1.29, 1.82) is 0 Å². The first-order chi connectivity index (χ1) is 8.70. The van der Waals surface area contributed by atoms with Gasteiger partial charge in [0.15, 0.2) is 0 Å². The van der Waals surface area contributed by atoms with Crippen LogP contribution in [0.3, 0.4) is 0 Å². The molecule has 1 aromatic carbocycles. The lowest BCUT2D eigenvalue weighted by atomic mass is 10.2. The molecule has 3 rings (SSSR count). The van der Waals surface area contributed by atoms with Gasteiger partial charge >= 0.3 is 0 Å². The minimum atomic E-state index is 0.0333. The Balaban J connectivity index is 2.11. The van der Waals surface area contributed by atoms with Gasteiger partial charge in [-0.3, -0.25) is 0 Å². The summed E-state index contributed by atoms with van der Waals surface area (Å²) < 4.78 is 0. The maximum Gasteiger partial charge on any atom is 0.126 e. The van der Waals surface area contributed by atoms with Crippen LogP contribution >= 0.6 is 34.5 Å². The van der Waals surface area contributed by atoms with Crippen molar-refractivity contribution in [3.05, 3.63) is 38.8 Å². The summed E-state index contributed by atoms with van der Waals surface area (Å²) in [6.07, 6.45) is 2.32. The average molecular weight is 300 g/mol. The van der Waals surface area contributed by atoms with Crippen molar-refractivity contribution in [2.45, 2.75) is 25.4 Å². The molecule has 1 aliphatic carbocycles. The van der Waals surface area contributed by atoms with E-state index in [0.717, 1.165) is 34.0 Å². The van der Waals surface area contributed by atoms with Gasteiger partial charge in [0.25, 0.3) is 0 Å². The molecule has 0 bridgehead atoms. The van der Waals surface area contributed by atoms with Crippen molar-refractivity contribution in [1.82, 2.24) is 4.98 Å². The number of rotatable bonds is 3. The fourth-order valence-corrected chi connectivity index (χ4v) is 3.73. The van der Waals surface area contributed by atoms with E-state index in [1.165, 1.54) is 11.3 Å². The first kappa shape index (κ1) is 12.4. The lowest BCUT2D eigenvalue weighted by Gasteiger charge is -2.02. The lowest BCUT2D eigenvalue weighted by molar-refractivity contribution is 0.284. The highest BCUT2D eigenvalue weighted by Gasteiger charge is 2.30. The summed E-state index contributed by atoms with van der Waals surface area (Å²) in [7, 11) is 0. The van der Waals surface area contributed by atoms with Crippen LogP contribution in [-0.4, -0.2) is 10.1 Å². The molecule has 0 atom stereocenters. The molecule has 0 saturated heterocycles. The molecule has 2 aromatic rings. The van der Waals surface area contributed by atoms with E-state index in [1.54, 1.807) is 12.1 Å². The van der Waals surface area contributed by atoms with Crippen LogP contribution in [0.1, 0.15) is 29.3 Å². The summed E-state index contributed by atoms with van der Waals surface area (Å²) in [5.41, 5.74) is 1.79. The molecule has 0 radical (unpaired) electrons. The molecular weight excluding hydrogens is 289 g/mol. The Kier molecular flexibility index (Phi) is 3.32. The van der Waals surface area contributed by atoms with E-state index in [9.17, 15) is 5.11 Å². The summed E-state index contributed by atoms with van der Waals surface area (Å²) >= 11 is 13.8. The topological polar surface area (TPSA) is 33.1 Å². The van der Waals surface area contributed by atoms with Crippen molar-refractivity contribution in [2.24, 2.45) is 0 Å². The van der Waals surface area contributed by atoms with E-state index < -0.39 is 0 Å². The molecule has 18 heavy (non-hydrogen) atoms. The van der Waals surface area contributed by atoms with Crippen LogP contribution in [0.2, 0.25) is 10.0 Å². The molecular formula is C13H11Cl2NOS. The average Bonchev–Trinajstić information content (AvgIpc) is 3.10. The third kappa shape index (κ3) is 2.16. The van der Waals surface area contributed by atoms with Gasteiger partial charge < -0.3 is 5.11 Å². The molecule has 1 N–H and O–H groups in total. The Labute approximate surface area is 119 Å². The van der Waals surface area contributed by atoms with Crippen molar-refractivity contribution in [3.63, 3.8) is 0 Å². The lowest BCUT2D eigenvalue weighted by Crippen LogP contribution is -1.87. The highest BCUT2D eigenvalue weighted by atomic mass is 35.5. The first-order valence-corrected chi connectivity index (χ1v) is 7.32. The van der Waals surface area contributed by atoms with E-state index in [4.69, 9.17) is 23.2 Å². The molecule has 0 amide bonds. The largest absolute Gasteiger partial charge is 0.391 e. The van der Waals surface area contributed by atoms with Crippen LogP contribution in [0.4, 0.5) is 0 Å². The van der Waals surface area contributed by atoms with E-state index in [1.807, 2.05) is 6.07 Å². The molecule has 1 aromatic heterocycles. The standard InChI is InChI=1S/C13H11Cl2NOS/c14-8-2-1-3-9(15)11(8)13-16-12(7-4-5-7)10(6-17)18-13/h1-3,7,17H,4-6H2. The second-order valence-corrected chi connectivity index (χ2v) is 6.25. The van der Waals surface area contributed by atoms with Gasteiger partial charge in [0.2, 0.25) is 0 Å². The van der Waals surface area contributed by atoms with Gasteiger partial charge in [-0.25, -0.2) is 4.98 Å². The van der Waals surface area contributed by atoms with E-state index >= 15 is 0 Å². The first-order valence-electron chi connectivity index (χ1n) is 5.75. The molecule has 94 valence electrons. The number of halogens is 2. The van der Waals surface area contributed by atoms with Crippen molar-refractivity contribution in [2.75, 3.05) is 0 Å². The number of aromatic nitrogens is 1. The van der Waals surface area contributed by atoms with Gasteiger partial charge in [-0.15, -0.1) is 11.3 Å². The molecule has 0 spiro atoms. The van der Waals surface area contributed by atoms with Gasteiger partial charge in [0, 0.05) is 11.5 Å². The smallest absolute Gasteiger partial charge is 0.126 e. The van der Waals surface area contributed by atoms with E-state index in [0.29, 0.717) is 16.0 Å². The number of hydrogen-bond donors (Lipinski definition) is 1. The Bertz CT molecular complexity index is 572. The minimum absolute atomic E-state index is 0.0333. The number of aliphatic hydroxyl groups is 1. The Morgan fingerprint density at radius 1 is 1.28 bits per heavy atom. The number of benzene rings is 1. The normalized spacial score (nSPS) is 15.1. The zero-order chi connectivity index (χ0) is 12.7. The Morgan fingerprint density at radius 2 is 1.94 bits per heavy atom. The highest BCUT2D eigenvalue weighted by Crippen LogP contribution is 2.46. The molecule has 2 nitrogen and oxygen atoms in total. The molecule has 1 heterocycles. The van der Waals surface area contributed by atoms with Crippen LogP contribution in [-0.2, 0) is 6.61 Å². The molecule has 1 saturated carbocycles. The third-order valence-electron chi connectivity index (χ3n) is 3.01. The quantitative estimate of drug-likeness (QED) is 0.906. The summed E-state index contributed by atoms with van der Waals surface area (Å²) in [5, 5.41) is 11.4.